The van der Waals surface area contributed by atoms with E-state index in [1.165, 1.54) is 5.56 Å². The van der Waals surface area contributed by atoms with Crippen molar-refractivity contribution in [1.82, 2.24) is 15.0 Å². The summed E-state index contributed by atoms with van der Waals surface area (Å²) in [4.78, 5) is 26.4. The van der Waals surface area contributed by atoms with Crippen LogP contribution in [-0.2, 0) is 16.0 Å². The summed E-state index contributed by atoms with van der Waals surface area (Å²) in [5.74, 6) is 0.935. The SMILES string of the molecule is CCOC(=O)C1CCCN(c2ncnc3[nH]cc(CC)c23)CC1. The van der Waals surface area contributed by atoms with Crippen molar-refractivity contribution in [1.29, 1.82) is 0 Å². The minimum Gasteiger partial charge on any atom is -0.466 e. The second kappa shape index (κ2) is 6.98. The summed E-state index contributed by atoms with van der Waals surface area (Å²) in [6.45, 7) is 6.18. The number of aromatic amines is 1. The van der Waals surface area contributed by atoms with Gasteiger partial charge in [0, 0.05) is 19.3 Å². The smallest absolute Gasteiger partial charge is 0.308 e. The lowest BCUT2D eigenvalue weighted by Gasteiger charge is -2.22. The molecule has 1 saturated heterocycles. The van der Waals surface area contributed by atoms with Crippen LogP contribution in [0.3, 0.4) is 0 Å². The Morgan fingerprint density at radius 1 is 1.35 bits per heavy atom. The number of nitrogens with zero attached hydrogens (tertiary/aromatic N) is 3. The zero-order valence-corrected chi connectivity index (χ0v) is 13.8. The lowest BCUT2D eigenvalue weighted by atomic mass is 10.0. The standard InChI is InChI=1S/C17H24N4O2/c1-3-12-10-18-15-14(12)16(20-11-19-15)21-8-5-6-13(7-9-21)17(22)23-4-2/h10-11,13H,3-9H2,1-2H3,(H,18,19,20). The van der Waals surface area contributed by atoms with E-state index in [1.807, 2.05) is 13.1 Å². The average Bonchev–Trinajstić information content (AvgIpc) is 2.83. The van der Waals surface area contributed by atoms with Gasteiger partial charge in [-0.15, -0.1) is 0 Å². The number of esters is 1. The molecule has 2 aromatic heterocycles. The van der Waals surface area contributed by atoms with Crippen LogP contribution in [0.5, 0.6) is 0 Å². The molecule has 0 amide bonds. The van der Waals surface area contributed by atoms with Crippen LogP contribution in [0.2, 0.25) is 0 Å². The predicted molar refractivity (Wildman–Crippen MR) is 89.5 cm³/mol. The Hall–Kier alpha value is -2.11. The summed E-state index contributed by atoms with van der Waals surface area (Å²) < 4.78 is 5.18. The van der Waals surface area contributed by atoms with Crippen LogP contribution in [-0.4, -0.2) is 40.6 Å². The van der Waals surface area contributed by atoms with Gasteiger partial charge in [-0.1, -0.05) is 6.92 Å². The van der Waals surface area contributed by atoms with Gasteiger partial charge in [0.15, 0.2) is 0 Å². The molecular formula is C17H24N4O2. The van der Waals surface area contributed by atoms with Gasteiger partial charge in [0.25, 0.3) is 0 Å². The molecule has 0 radical (unpaired) electrons. The molecular weight excluding hydrogens is 292 g/mol. The van der Waals surface area contributed by atoms with Gasteiger partial charge in [0.05, 0.1) is 17.9 Å². The quantitative estimate of drug-likeness (QED) is 0.878. The highest BCUT2D eigenvalue weighted by molar-refractivity contribution is 5.90. The Balaban J connectivity index is 1.83. The lowest BCUT2D eigenvalue weighted by molar-refractivity contribution is -0.148. The Labute approximate surface area is 136 Å². The summed E-state index contributed by atoms with van der Waals surface area (Å²) in [6.07, 6.45) is 7.25. The van der Waals surface area contributed by atoms with Gasteiger partial charge in [0.2, 0.25) is 0 Å². The molecule has 0 bridgehead atoms. The number of rotatable bonds is 4. The third-order valence-corrected chi connectivity index (χ3v) is 4.56. The Bertz CT molecular complexity index is 682. The second-order valence-corrected chi connectivity index (χ2v) is 5.96. The topological polar surface area (TPSA) is 71.1 Å². The zero-order chi connectivity index (χ0) is 16.2. The van der Waals surface area contributed by atoms with E-state index in [9.17, 15) is 4.79 Å². The summed E-state index contributed by atoms with van der Waals surface area (Å²) in [7, 11) is 0. The van der Waals surface area contributed by atoms with Gasteiger partial charge in [-0.2, -0.15) is 0 Å². The number of carbonyl (C=O) groups excluding carboxylic acids is 1. The molecule has 1 aliphatic rings. The average molecular weight is 316 g/mol. The molecule has 2 aromatic rings. The van der Waals surface area contributed by atoms with Crippen molar-refractivity contribution in [3.63, 3.8) is 0 Å². The van der Waals surface area contributed by atoms with Gasteiger partial charge >= 0.3 is 5.97 Å². The molecule has 6 heteroatoms. The van der Waals surface area contributed by atoms with E-state index in [-0.39, 0.29) is 11.9 Å². The van der Waals surface area contributed by atoms with E-state index >= 15 is 0 Å². The van der Waals surface area contributed by atoms with Crippen LogP contribution < -0.4 is 4.90 Å². The molecule has 1 fully saturated rings. The van der Waals surface area contributed by atoms with Crippen molar-refractivity contribution in [2.24, 2.45) is 5.92 Å². The first-order chi connectivity index (χ1) is 11.2. The van der Waals surface area contributed by atoms with E-state index in [2.05, 4.69) is 26.8 Å². The molecule has 0 aromatic carbocycles. The van der Waals surface area contributed by atoms with Crippen LogP contribution >= 0.6 is 0 Å². The second-order valence-electron chi connectivity index (χ2n) is 5.96. The van der Waals surface area contributed by atoms with Crippen LogP contribution in [0, 0.1) is 5.92 Å². The number of anilines is 1. The molecule has 0 aliphatic carbocycles. The molecule has 0 spiro atoms. The van der Waals surface area contributed by atoms with E-state index in [0.29, 0.717) is 6.61 Å². The monoisotopic (exact) mass is 316 g/mol. The molecule has 124 valence electrons. The maximum Gasteiger partial charge on any atom is 0.308 e. The van der Waals surface area contributed by atoms with E-state index < -0.39 is 0 Å². The third kappa shape index (κ3) is 3.16. The van der Waals surface area contributed by atoms with Crippen molar-refractivity contribution < 1.29 is 9.53 Å². The summed E-state index contributed by atoms with van der Waals surface area (Å²) >= 11 is 0. The van der Waals surface area contributed by atoms with E-state index in [1.54, 1.807) is 6.33 Å². The van der Waals surface area contributed by atoms with Crippen molar-refractivity contribution >= 4 is 22.8 Å². The number of fused-ring (bicyclic) bond motifs is 1. The summed E-state index contributed by atoms with van der Waals surface area (Å²) in [6, 6.07) is 0. The van der Waals surface area contributed by atoms with Crippen LogP contribution in [0.25, 0.3) is 11.0 Å². The minimum atomic E-state index is -0.0573. The highest BCUT2D eigenvalue weighted by Crippen LogP contribution is 2.29. The predicted octanol–water partition coefficient (Wildman–Crippen LogP) is 2.69. The molecule has 1 unspecified atom stereocenters. The van der Waals surface area contributed by atoms with Crippen LogP contribution in [0.15, 0.2) is 12.5 Å². The molecule has 6 nitrogen and oxygen atoms in total. The molecule has 23 heavy (non-hydrogen) atoms. The first kappa shape index (κ1) is 15.8. The summed E-state index contributed by atoms with van der Waals surface area (Å²) in [5.41, 5.74) is 2.12. The maximum absolute atomic E-state index is 12.0. The molecule has 1 N–H and O–H groups in total. The zero-order valence-electron chi connectivity index (χ0n) is 13.8. The van der Waals surface area contributed by atoms with Crippen LogP contribution in [0.4, 0.5) is 5.82 Å². The molecule has 0 saturated carbocycles. The number of nitrogens with one attached hydrogen (secondary N) is 1. The van der Waals surface area contributed by atoms with Gasteiger partial charge < -0.3 is 14.6 Å². The van der Waals surface area contributed by atoms with E-state index in [4.69, 9.17) is 4.74 Å². The van der Waals surface area contributed by atoms with E-state index in [0.717, 1.165) is 55.6 Å². The minimum absolute atomic E-state index is 0.00847. The first-order valence-corrected chi connectivity index (χ1v) is 8.47. The van der Waals surface area contributed by atoms with Crippen molar-refractivity contribution in [2.45, 2.75) is 39.5 Å². The van der Waals surface area contributed by atoms with Gasteiger partial charge in [-0.05, 0) is 38.2 Å². The maximum atomic E-state index is 12.0. The number of aryl methyl sites for hydroxylation is 1. The molecule has 1 atom stereocenters. The fourth-order valence-electron chi connectivity index (χ4n) is 3.33. The summed E-state index contributed by atoms with van der Waals surface area (Å²) in [5, 5.41) is 1.12. The van der Waals surface area contributed by atoms with Crippen molar-refractivity contribution in [2.75, 3.05) is 24.6 Å². The largest absolute Gasteiger partial charge is 0.466 e. The highest BCUT2D eigenvalue weighted by atomic mass is 16.5. The normalized spacial score (nSPS) is 18.9. The van der Waals surface area contributed by atoms with Crippen LogP contribution in [0.1, 0.15) is 38.7 Å². The van der Waals surface area contributed by atoms with Gasteiger partial charge in [-0.3, -0.25) is 4.79 Å². The Morgan fingerprint density at radius 3 is 3.00 bits per heavy atom. The van der Waals surface area contributed by atoms with Crippen molar-refractivity contribution in [3.8, 4) is 0 Å². The number of hydrogen-bond acceptors (Lipinski definition) is 5. The lowest BCUT2D eigenvalue weighted by Crippen LogP contribution is -2.26. The number of hydrogen-bond donors (Lipinski definition) is 1. The number of carbonyl (C=O) groups is 1. The Kier molecular flexibility index (Phi) is 4.79. The fourth-order valence-corrected chi connectivity index (χ4v) is 3.33. The Morgan fingerprint density at radius 2 is 2.22 bits per heavy atom. The first-order valence-electron chi connectivity index (χ1n) is 8.47. The third-order valence-electron chi connectivity index (χ3n) is 4.56. The number of ether oxygens (including phenoxy) is 1. The van der Waals surface area contributed by atoms with Gasteiger partial charge in [0.1, 0.15) is 17.8 Å². The van der Waals surface area contributed by atoms with Crippen molar-refractivity contribution in [3.05, 3.63) is 18.1 Å². The number of H-pyrrole nitrogens is 1. The number of aromatic nitrogens is 3. The molecule has 3 heterocycles. The van der Waals surface area contributed by atoms with Gasteiger partial charge in [-0.25, -0.2) is 9.97 Å². The molecule has 1 aliphatic heterocycles. The highest BCUT2D eigenvalue weighted by Gasteiger charge is 2.25. The molecule has 3 rings (SSSR count). The fraction of sp³-hybridized carbons (Fsp3) is 0.588.